The summed E-state index contributed by atoms with van der Waals surface area (Å²) in [7, 11) is 0. The molecule has 0 aromatic heterocycles. The lowest BCUT2D eigenvalue weighted by Crippen LogP contribution is -2.21. The van der Waals surface area contributed by atoms with E-state index < -0.39 is 0 Å². The van der Waals surface area contributed by atoms with Gasteiger partial charge in [-0.1, -0.05) is 26.0 Å². The Balaban J connectivity index is 2.98. The van der Waals surface area contributed by atoms with Crippen LogP contribution in [-0.2, 0) is 5.41 Å². The summed E-state index contributed by atoms with van der Waals surface area (Å²) in [6, 6.07) is 6.93. The molecule has 0 bridgehead atoms. The Morgan fingerprint density at radius 1 is 1.31 bits per heavy atom. The summed E-state index contributed by atoms with van der Waals surface area (Å²) in [5, 5.41) is 11.9. The second-order valence-electron chi connectivity index (χ2n) is 3.68. The summed E-state index contributed by atoms with van der Waals surface area (Å²) in [5.74, 6) is 0. The Morgan fingerprint density at radius 3 is 2.23 bits per heavy atom. The molecule has 0 aliphatic rings. The molecule has 1 aromatic carbocycles. The maximum absolute atomic E-state index is 10.1. The third-order valence-electron chi connectivity index (χ3n) is 2.15. The lowest BCUT2D eigenvalue weighted by molar-refractivity contribution is 0.218. The van der Waals surface area contributed by atoms with E-state index in [2.05, 4.69) is 5.18 Å². The number of rotatable bonds is 3. The number of hydrogen-bond donors (Lipinski definition) is 1. The number of aliphatic hydroxyl groups is 1. The van der Waals surface area contributed by atoms with Gasteiger partial charge in [-0.25, -0.2) is 0 Å². The van der Waals surface area contributed by atoms with Gasteiger partial charge in [-0.2, -0.15) is 0 Å². The van der Waals surface area contributed by atoms with Crippen LogP contribution in [0.25, 0.3) is 0 Å². The minimum atomic E-state index is -0.262. The second kappa shape index (κ2) is 3.66. The molecular weight excluding hydrogens is 166 g/mol. The number of aliphatic hydroxyl groups excluding tert-OH is 1. The molecule has 0 saturated heterocycles. The molecule has 1 aromatic rings. The van der Waals surface area contributed by atoms with Crippen molar-refractivity contribution in [3.63, 3.8) is 0 Å². The summed E-state index contributed by atoms with van der Waals surface area (Å²) in [4.78, 5) is 10.1. The smallest absolute Gasteiger partial charge is 0.108 e. The van der Waals surface area contributed by atoms with E-state index in [1.54, 1.807) is 12.1 Å². The van der Waals surface area contributed by atoms with E-state index >= 15 is 0 Å². The molecule has 0 spiro atoms. The van der Waals surface area contributed by atoms with E-state index in [1.807, 2.05) is 26.0 Å². The molecule has 13 heavy (non-hydrogen) atoms. The molecule has 0 aliphatic carbocycles. The van der Waals surface area contributed by atoms with Gasteiger partial charge in [0.2, 0.25) is 0 Å². The second-order valence-corrected chi connectivity index (χ2v) is 3.68. The number of benzene rings is 1. The highest BCUT2D eigenvalue weighted by atomic mass is 16.3. The fourth-order valence-corrected chi connectivity index (χ4v) is 1.06. The molecule has 70 valence electrons. The minimum absolute atomic E-state index is 0.0842. The van der Waals surface area contributed by atoms with Gasteiger partial charge in [-0.15, -0.1) is 4.91 Å². The lowest BCUT2D eigenvalue weighted by Gasteiger charge is -2.21. The zero-order valence-corrected chi connectivity index (χ0v) is 7.82. The molecule has 1 rings (SSSR count). The molecule has 0 aliphatic heterocycles. The van der Waals surface area contributed by atoms with E-state index in [-0.39, 0.29) is 12.0 Å². The molecule has 0 radical (unpaired) electrons. The topological polar surface area (TPSA) is 49.7 Å². The zero-order chi connectivity index (χ0) is 9.90. The van der Waals surface area contributed by atoms with Gasteiger partial charge in [0.25, 0.3) is 0 Å². The van der Waals surface area contributed by atoms with Crippen molar-refractivity contribution in [2.75, 3.05) is 6.61 Å². The molecule has 0 amide bonds. The Labute approximate surface area is 77.4 Å². The standard InChI is InChI=1S/C10H13NO2/c1-10(2,7-12)8-3-5-9(11-13)6-4-8/h3-6,12H,7H2,1-2H3. The van der Waals surface area contributed by atoms with Crippen molar-refractivity contribution in [3.8, 4) is 0 Å². The molecule has 0 atom stereocenters. The van der Waals surface area contributed by atoms with E-state index in [1.165, 1.54) is 0 Å². The van der Waals surface area contributed by atoms with Crippen molar-refractivity contribution in [2.24, 2.45) is 5.18 Å². The monoisotopic (exact) mass is 179 g/mol. The van der Waals surface area contributed by atoms with Crippen LogP contribution in [0.4, 0.5) is 5.69 Å². The van der Waals surface area contributed by atoms with Crippen molar-refractivity contribution in [3.05, 3.63) is 34.7 Å². The van der Waals surface area contributed by atoms with Crippen LogP contribution in [0.2, 0.25) is 0 Å². The van der Waals surface area contributed by atoms with Gasteiger partial charge in [0.1, 0.15) is 5.69 Å². The molecule has 0 heterocycles. The lowest BCUT2D eigenvalue weighted by atomic mass is 9.86. The Hall–Kier alpha value is -1.22. The highest BCUT2D eigenvalue weighted by molar-refractivity contribution is 5.40. The van der Waals surface area contributed by atoms with Crippen molar-refractivity contribution >= 4 is 5.69 Å². The molecule has 3 heteroatoms. The van der Waals surface area contributed by atoms with Gasteiger partial charge in [-0.3, -0.25) is 0 Å². The van der Waals surface area contributed by atoms with Crippen LogP contribution < -0.4 is 0 Å². The molecule has 0 saturated carbocycles. The van der Waals surface area contributed by atoms with E-state index in [0.29, 0.717) is 5.69 Å². The van der Waals surface area contributed by atoms with Gasteiger partial charge >= 0.3 is 0 Å². The predicted molar refractivity (Wildman–Crippen MR) is 52.0 cm³/mol. The van der Waals surface area contributed by atoms with E-state index in [0.717, 1.165) is 5.56 Å². The number of nitrogens with zero attached hydrogens (tertiary/aromatic N) is 1. The summed E-state index contributed by atoms with van der Waals surface area (Å²) < 4.78 is 0. The third kappa shape index (κ3) is 2.12. The van der Waals surface area contributed by atoms with Crippen LogP contribution in [0.5, 0.6) is 0 Å². The zero-order valence-electron chi connectivity index (χ0n) is 7.82. The number of hydrogen-bond acceptors (Lipinski definition) is 3. The van der Waals surface area contributed by atoms with Crippen LogP contribution in [0.3, 0.4) is 0 Å². The first kappa shape index (κ1) is 9.86. The summed E-state index contributed by atoms with van der Waals surface area (Å²) in [6.45, 7) is 3.97. The van der Waals surface area contributed by atoms with Crippen LogP contribution in [-0.4, -0.2) is 11.7 Å². The third-order valence-corrected chi connectivity index (χ3v) is 2.15. The fraction of sp³-hybridized carbons (Fsp3) is 0.400. The molecule has 3 nitrogen and oxygen atoms in total. The number of nitroso groups, excluding NO2 is 1. The molecule has 0 unspecified atom stereocenters. The average molecular weight is 179 g/mol. The first-order valence-corrected chi connectivity index (χ1v) is 4.15. The molecule has 1 N–H and O–H groups in total. The van der Waals surface area contributed by atoms with Gasteiger partial charge in [-0.05, 0) is 22.9 Å². The quantitative estimate of drug-likeness (QED) is 0.724. The Kier molecular flexibility index (Phi) is 2.78. The molecule has 0 fully saturated rings. The van der Waals surface area contributed by atoms with Gasteiger partial charge in [0.05, 0.1) is 6.61 Å². The average Bonchev–Trinajstić information content (AvgIpc) is 2.18. The van der Waals surface area contributed by atoms with Crippen LogP contribution >= 0.6 is 0 Å². The van der Waals surface area contributed by atoms with Crippen molar-refractivity contribution < 1.29 is 5.11 Å². The SMILES string of the molecule is CC(C)(CO)c1ccc(N=O)cc1. The van der Waals surface area contributed by atoms with Crippen molar-refractivity contribution in [1.82, 2.24) is 0 Å². The van der Waals surface area contributed by atoms with Gasteiger partial charge in [0, 0.05) is 5.41 Å². The predicted octanol–water partition coefficient (Wildman–Crippen LogP) is 2.35. The van der Waals surface area contributed by atoms with Gasteiger partial charge in [0.15, 0.2) is 0 Å². The summed E-state index contributed by atoms with van der Waals surface area (Å²) in [6.07, 6.45) is 0. The maximum Gasteiger partial charge on any atom is 0.108 e. The highest BCUT2D eigenvalue weighted by Gasteiger charge is 2.18. The van der Waals surface area contributed by atoms with Gasteiger partial charge < -0.3 is 5.11 Å². The Bertz CT molecular complexity index is 290. The van der Waals surface area contributed by atoms with Crippen molar-refractivity contribution in [1.29, 1.82) is 0 Å². The highest BCUT2D eigenvalue weighted by Crippen LogP contribution is 2.24. The maximum atomic E-state index is 10.1. The minimum Gasteiger partial charge on any atom is -0.395 e. The van der Waals surface area contributed by atoms with E-state index in [4.69, 9.17) is 5.11 Å². The Morgan fingerprint density at radius 2 is 1.85 bits per heavy atom. The van der Waals surface area contributed by atoms with E-state index in [9.17, 15) is 4.91 Å². The first-order chi connectivity index (χ1) is 6.10. The first-order valence-electron chi connectivity index (χ1n) is 4.15. The normalized spacial score (nSPS) is 11.3. The summed E-state index contributed by atoms with van der Waals surface area (Å²) in [5.41, 5.74) is 1.15. The van der Waals surface area contributed by atoms with Crippen LogP contribution in [0, 0.1) is 4.91 Å². The fourth-order valence-electron chi connectivity index (χ4n) is 1.06. The van der Waals surface area contributed by atoms with Crippen LogP contribution in [0.15, 0.2) is 29.4 Å². The summed E-state index contributed by atoms with van der Waals surface area (Å²) >= 11 is 0. The van der Waals surface area contributed by atoms with Crippen LogP contribution in [0.1, 0.15) is 19.4 Å². The molecular formula is C10H13NO2. The van der Waals surface area contributed by atoms with Crippen molar-refractivity contribution in [2.45, 2.75) is 19.3 Å². The largest absolute Gasteiger partial charge is 0.395 e.